The molecule has 0 radical (unpaired) electrons. The number of hydrogen-bond acceptors (Lipinski definition) is 5. The molecule has 0 saturated heterocycles. The number of benzene rings is 1. The minimum absolute atomic E-state index is 0.149. The van der Waals surface area contributed by atoms with Crippen LogP contribution >= 0.6 is 11.3 Å². The maximum absolute atomic E-state index is 12.6. The van der Waals surface area contributed by atoms with Crippen molar-refractivity contribution >= 4 is 17.2 Å². The van der Waals surface area contributed by atoms with E-state index in [0.717, 1.165) is 28.9 Å². The van der Waals surface area contributed by atoms with E-state index in [4.69, 9.17) is 0 Å². The molecule has 2 heterocycles. The number of rotatable bonds is 4. The van der Waals surface area contributed by atoms with Gasteiger partial charge in [0.15, 0.2) is 0 Å². The van der Waals surface area contributed by atoms with E-state index in [1.54, 1.807) is 0 Å². The third-order valence-electron chi connectivity index (χ3n) is 3.00. The van der Waals surface area contributed by atoms with Crippen LogP contribution in [0, 0.1) is 0 Å². The summed E-state index contributed by atoms with van der Waals surface area (Å²) in [6.45, 7) is 0.263. The number of alkyl halides is 3. The molecule has 4 nitrogen and oxygen atoms in total. The van der Waals surface area contributed by atoms with Crippen molar-refractivity contribution in [2.45, 2.75) is 12.7 Å². The van der Waals surface area contributed by atoms with Gasteiger partial charge in [0.2, 0.25) is 0 Å². The number of nitrogens with one attached hydrogen (secondary N) is 1. The summed E-state index contributed by atoms with van der Waals surface area (Å²) in [6.07, 6.45) is -3.26. The van der Waals surface area contributed by atoms with Crippen LogP contribution in [-0.4, -0.2) is 15.2 Å². The molecular formula is C15H11F3N4S. The zero-order valence-corrected chi connectivity index (χ0v) is 12.5. The van der Waals surface area contributed by atoms with Crippen molar-refractivity contribution in [2.24, 2.45) is 0 Å². The van der Waals surface area contributed by atoms with E-state index in [9.17, 15) is 13.2 Å². The van der Waals surface area contributed by atoms with E-state index in [1.165, 1.54) is 11.3 Å². The van der Waals surface area contributed by atoms with Crippen molar-refractivity contribution in [3.05, 3.63) is 59.2 Å². The molecule has 2 aromatic heterocycles. The van der Waals surface area contributed by atoms with Gasteiger partial charge in [-0.3, -0.25) is 0 Å². The molecule has 23 heavy (non-hydrogen) atoms. The van der Waals surface area contributed by atoms with Crippen molar-refractivity contribution in [1.29, 1.82) is 0 Å². The Hall–Kier alpha value is -2.48. The Balaban J connectivity index is 1.69. The fourth-order valence-electron chi connectivity index (χ4n) is 1.89. The largest absolute Gasteiger partial charge is 0.416 e. The van der Waals surface area contributed by atoms with Crippen LogP contribution in [-0.2, 0) is 12.7 Å². The lowest BCUT2D eigenvalue weighted by atomic mass is 10.2. The van der Waals surface area contributed by atoms with Gasteiger partial charge in [0.25, 0.3) is 0 Å². The van der Waals surface area contributed by atoms with Crippen LogP contribution in [0.3, 0.4) is 0 Å². The van der Waals surface area contributed by atoms with Gasteiger partial charge in [0.1, 0.15) is 15.8 Å². The summed E-state index contributed by atoms with van der Waals surface area (Å²) in [6, 6.07) is 11.5. The molecule has 0 atom stereocenters. The molecule has 0 unspecified atom stereocenters. The Labute approximate surface area is 134 Å². The number of hydrogen-bond donors (Lipinski definition) is 1. The van der Waals surface area contributed by atoms with E-state index in [0.29, 0.717) is 5.01 Å². The summed E-state index contributed by atoms with van der Waals surface area (Å²) in [7, 11) is 0. The highest BCUT2D eigenvalue weighted by atomic mass is 32.1. The van der Waals surface area contributed by atoms with E-state index in [-0.39, 0.29) is 12.4 Å². The molecule has 0 amide bonds. The second kappa shape index (κ2) is 6.33. The van der Waals surface area contributed by atoms with Crippen molar-refractivity contribution in [2.75, 3.05) is 5.32 Å². The van der Waals surface area contributed by atoms with Crippen LogP contribution in [0.1, 0.15) is 10.6 Å². The molecule has 0 aliphatic rings. The molecule has 0 aliphatic heterocycles. The summed E-state index contributed by atoms with van der Waals surface area (Å²) in [5, 5.41) is 12.4. The molecule has 1 N–H and O–H groups in total. The Bertz CT molecular complexity index is 787. The molecule has 3 rings (SSSR count). The zero-order valence-electron chi connectivity index (χ0n) is 11.7. The van der Waals surface area contributed by atoms with Crippen LogP contribution < -0.4 is 5.32 Å². The Morgan fingerprint density at radius 1 is 1.04 bits per heavy atom. The monoisotopic (exact) mass is 336 g/mol. The molecule has 0 bridgehead atoms. The first kappa shape index (κ1) is 15.4. The number of halogens is 3. The predicted octanol–water partition coefficient (Wildman–Crippen LogP) is 4.23. The summed E-state index contributed by atoms with van der Waals surface area (Å²) in [5.41, 5.74) is 0.214. The van der Waals surface area contributed by atoms with Gasteiger partial charge in [-0.25, -0.2) is 4.98 Å². The highest BCUT2D eigenvalue weighted by Crippen LogP contribution is 2.30. The number of nitrogens with zero attached hydrogens (tertiary/aromatic N) is 3. The standard InChI is InChI=1S/C15H11F3N4S/c16-15(17,18)11-6-7-19-12(8-11)20-9-13-21-22-14(23-13)10-4-2-1-3-5-10/h1-8H,9H2,(H,19,20). The molecular weight excluding hydrogens is 325 g/mol. The fraction of sp³-hybridized carbons (Fsp3) is 0.133. The highest BCUT2D eigenvalue weighted by Gasteiger charge is 2.30. The SMILES string of the molecule is FC(F)(F)c1ccnc(NCc2nnc(-c3ccccc3)s2)c1. The minimum atomic E-state index is -4.39. The maximum Gasteiger partial charge on any atom is 0.416 e. The number of pyridine rings is 1. The predicted molar refractivity (Wildman–Crippen MR) is 81.9 cm³/mol. The maximum atomic E-state index is 12.6. The quantitative estimate of drug-likeness (QED) is 0.774. The van der Waals surface area contributed by atoms with E-state index in [2.05, 4.69) is 20.5 Å². The van der Waals surface area contributed by atoms with Gasteiger partial charge >= 0.3 is 6.18 Å². The van der Waals surface area contributed by atoms with Gasteiger partial charge in [-0.05, 0) is 12.1 Å². The lowest BCUT2D eigenvalue weighted by Gasteiger charge is -2.08. The summed E-state index contributed by atoms with van der Waals surface area (Å²) < 4.78 is 37.9. The Kier molecular flexibility index (Phi) is 4.24. The zero-order chi connectivity index (χ0) is 16.3. The summed E-state index contributed by atoms with van der Waals surface area (Å²) >= 11 is 1.38. The molecule has 8 heteroatoms. The number of aromatic nitrogens is 3. The van der Waals surface area contributed by atoms with Gasteiger partial charge in [-0.1, -0.05) is 41.7 Å². The molecule has 3 aromatic rings. The van der Waals surface area contributed by atoms with E-state index in [1.807, 2.05) is 30.3 Å². The molecule has 0 saturated carbocycles. The first-order valence-corrected chi connectivity index (χ1v) is 7.49. The average molecular weight is 336 g/mol. The molecule has 0 aliphatic carbocycles. The topological polar surface area (TPSA) is 50.7 Å². The van der Waals surface area contributed by atoms with Crippen molar-refractivity contribution < 1.29 is 13.2 Å². The van der Waals surface area contributed by atoms with Gasteiger partial charge in [-0.15, -0.1) is 10.2 Å². The van der Waals surface area contributed by atoms with Gasteiger partial charge in [0.05, 0.1) is 12.1 Å². The first-order valence-electron chi connectivity index (χ1n) is 6.67. The van der Waals surface area contributed by atoms with Crippen LogP contribution in [0.4, 0.5) is 19.0 Å². The summed E-state index contributed by atoms with van der Waals surface area (Å²) in [4.78, 5) is 3.88. The normalized spacial score (nSPS) is 11.4. The second-order valence-corrected chi connectivity index (χ2v) is 5.71. The minimum Gasteiger partial charge on any atom is -0.363 e. The smallest absolute Gasteiger partial charge is 0.363 e. The van der Waals surface area contributed by atoms with Crippen LogP contribution in [0.25, 0.3) is 10.6 Å². The Morgan fingerprint density at radius 2 is 1.83 bits per heavy atom. The van der Waals surface area contributed by atoms with Crippen molar-refractivity contribution in [3.8, 4) is 10.6 Å². The van der Waals surface area contributed by atoms with E-state index < -0.39 is 11.7 Å². The Morgan fingerprint density at radius 3 is 2.57 bits per heavy atom. The molecule has 0 spiro atoms. The van der Waals surface area contributed by atoms with Crippen LogP contribution in [0.2, 0.25) is 0 Å². The number of anilines is 1. The van der Waals surface area contributed by atoms with Crippen LogP contribution in [0.15, 0.2) is 48.7 Å². The van der Waals surface area contributed by atoms with Crippen molar-refractivity contribution in [3.63, 3.8) is 0 Å². The van der Waals surface area contributed by atoms with Gasteiger partial charge < -0.3 is 5.32 Å². The van der Waals surface area contributed by atoms with E-state index >= 15 is 0 Å². The first-order chi connectivity index (χ1) is 11.0. The molecule has 118 valence electrons. The average Bonchev–Trinajstić information content (AvgIpc) is 3.02. The third kappa shape index (κ3) is 3.84. The van der Waals surface area contributed by atoms with Gasteiger partial charge in [0, 0.05) is 11.8 Å². The highest BCUT2D eigenvalue weighted by molar-refractivity contribution is 7.14. The lowest BCUT2D eigenvalue weighted by molar-refractivity contribution is -0.137. The second-order valence-electron chi connectivity index (χ2n) is 4.65. The van der Waals surface area contributed by atoms with Crippen molar-refractivity contribution in [1.82, 2.24) is 15.2 Å². The molecule has 0 fully saturated rings. The lowest BCUT2D eigenvalue weighted by Crippen LogP contribution is -2.07. The third-order valence-corrected chi connectivity index (χ3v) is 3.97. The fourth-order valence-corrected chi connectivity index (χ4v) is 2.68. The summed E-state index contributed by atoms with van der Waals surface area (Å²) in [5.74, 6) is 0.149. The van der Waals surface area contributed by atoms with Gasteiger partial charge in [-0.2, -0.15) is 13.2 Å². The molecule has 1 aromatic carbocycles. The van der Waals surface area contributed by atoms with Crippen LogP contribution in [0.5, 0.6) is 0 Å².